The van der Waals surface area contributed by atoms with Crippen LogP contribution >= 0.6 is 0 Å². The predicted molar refractivity (Wildman–Crippen MR) is 96.4 cm³/mol. The molecule has 0 saturated carbocycles. The summed E-state index contributed by atoms with van der Waals surface area (Å²) in [6.45, 7) is 4.51. The summed E-state index contributed by atoms with van der Waals surface area (Å²) >= 11 is 0. The highest BCUT2D eigenvalue weighted by Gasteiger charge is 2.18. The smallest absolute Gasteiger partial charge is 0.251 e. The molecule has 2 aromatic rings. The van der Waals surface area contributed by atoms with Crippen LogP contribution in [0.15, 0.2) is 42.6 Å². The zero-order valence-electron chi connectivity index (χ0n) is 15.1. The van der Waals surface area contributed by atoms with Gasteiger partial charge in [0.1, 0.15) is 5.75 Å². The first kappa shape index (κ1) is 18.1. The lowest BCUT2D eigenvalue weighted by Crippen LogP contribution is -2.35. The monoisotopic (exact) mass is 329 g/mol. The number of amides is 1. The summed E-state index contributed by atoms with van der Waals surface area (Å²) in [6.07, 6.45) is 2.14. The Morgan fingerprint density at radius 1 is 1.21 bits per heavy atom. The van der Waals surface area contributed by atoms with Gasteiger partial charge in [-0.1, -0.05) is 0 Å². The number of carbonyl (C=O) groups is 1. The molecule has 0 aliphatic rings. The van der Waals surface area contributed by atoms with E-state index in [1.54, 1.807) is 12.1 Å². The van der Waals surface area contributed by atoms with Crippen molar-refractivity contribution in [3.8, 4) is 5.75 Å². The van der Waals surface area contributed by atoms with E-state index in [0.717, 1.165) is 5.75 Å². The molecule has 1 amide bonds. The summed E-state index contributed by atoms with van der Waals surface area (Å²) < 4.78 is 7.68. The molecule has 0 fully saturated rings. The van der Waals surface area contributed by atoms with E-state index in [-0.39, 0.29) is 18.1 Å². The van der Waals surface area contributed by atoms with Crippen LogP contribution < -0.4 is 10.1 Å². The predicted octanol–water partition coefficient (Wildman–Crippen LogP) is 2.85. The number of hydrogen-bond acceptors (Lipinski definition) is 3. The van der Waals surface area contributed by atoms with Crippen molar-refractivity contribution < 1.29 is 9.53 Å². The number of likely N-dealkylation sites (N-methyl/N-ethyl adjacent to an activating group) is 1. The van der Waals surface area contributed by atoms with Gasteiger partial charge >= 0.3 is 0 Å². The average Bonchev–Trinajstić information content (AvgIpc) is 2.93. The summed E-state index contributed by atoms with van der Waals surface area (Å²) in [6, 6.07) is 11.5. The molecule has 1 aromatic heterocycles. The zero-order valence-corrected chi connectivity index (χ0v) is 15.1. The zero-order chi connectivity index (χ0) is 17.7. The molecule has 0 aliphatic carbocycles. The standard InChI is InChI=1S/C19H27N3O2/c1-14(2)24-16-10-8-15(9-11-16)19(23)20-13-18(21(3)4)17-7-6-12-22(17)5/h6-12,14,18H,13H2,1-5H3,(H,20,23). The number of benzene rings is 1. The molecule has 0 saturated heterocycles. The van der Waals surface area contributed by atoms with E-state index in [4.69, 9.17) is 4.74 Å². The van der Waals surface area contributed by atoms with Gasteiger partial charge in [-0.3, -0.25) is 9.69 Å². The first-order valence-electron chi connectivity index (χ1n) is 8.21. The molecular formula is C19H27N3O2. The minimum Gasteiger partial charge on any atom is -0.491 e. The fourth-order valence-electron chi connectivity index (χ4n) is 2.62. The molecule has 1 unspecified atom stereocenters. The third-order valence-electron chi connectivity index (χ3n) is 3.89. The van der Waals surface area contributed by atoms with Crippen LogP contribution in [0, 0.1) is 0 Å². The Bertz CT molecular complexity index is 660. The van der Waals surface area contributed by atoms with Crippen molar-refractivity contribution in [2.45, 2.75) is 26.0 Å². The Labute approximate surface area is 144 Å². The normalized spacial score (nSPS) is 12.5. The summed E-state index contributed by atoms with van der Waals surface area (Å²) in [4.78, 5) is 14.5. The Hall–Kier alpha value is -2.27. The Morgan fingerprint density at radius 3 is 2.38 bits per heavy atom. The molecular weight excluding hydrogens is 302 g/mol. The van der Waals surface area contributed by atoms with Gasteiger partial charge in [-0.25, -0.2) is 0 Å². The van der Waals surface area contributed by atoms with E-state index < -0.39 is 0 Å². The van der Waals surface area contributed by atoms with Crippen molar-refractivity contribution in [1.29, 1.82) is 0 Å². The van der Waals surface area contributed by atoms with Crippen LogP contribution in [0.1, 0.15) is 35.9 Å². The summed E-state index contributed by atoms with van der Waals surface area (Å²) in [7, 11) is 6.05. The maximum absolute atomic E-state index is 12.4. The molecule has 130 valence electrons. The first-order valence-corrected chi connectivity index (χ1v) is 8.21. The minimum absolute atomic E-state index is 0.0767. The number of hydrogen-bond donors (Lipinski definition) is 1. The van der Waals surface area contributed by atoms with Crippen LogP contribution in [0.4, 0.5) is 0 Å². The van der Waals surface area contributed by atoms with Crippen molar-refractivity contribution in [1.82, 2.24) is 14.8 Å². The number of nitrogens with one attached hydrogen (secondary N) is 1. The van der Waals surface area contributed by atoms with E-state index in [1.165, 1.54) is 5.69 Å². The molecule has 0 aliphatic heterocycles. The van der Waals surface area contributed by atoms with Crippen LogP contribution in [0.25, 0.3) is 0 Å². The molecule has 24 heavy (non-hydrogen) atoms. The molecule has 0 bridgehead atoms. The van der Waals surface area contributed by atoms with E-state index in [0.29, 0.717) is 12.1 Å². The number of nitrogens with zero attached hydrogens (tertiary/aromatic N) is 2. The van der Waals surface area contributed by atoms with Gasteiger partial charge in [-0.2, -0.15) is 0 Å². The fraction of sp³-hybridized carbons (Fsp3) is 0.421. The van der Waals surface area contributed by atoms with Gasteiger partial charge < -0.3 is 14.6 Å². The lowest BCUT2D eigenvalue weighted by molar-refractivity contribution is 0.0941. The van der Waals surface area contributed by atoms with E-state index in [1.807, 2.05) is 59.4 Å². The second kappa shape index (κ2) is 8.02. The first-order chi connectivity index (χ1) is 11.4. The molecule has 5 heteroatoms. The van der Waals surface area contributed by atoms with Gasteiger partial charge in [0.2, 0.25) is 0 Å². The Morgan fingerprint density at radius 2 is 1.88 bits per heavy atom. The van der Waals surface area contributed by atoms with Crippen molar-refractivity contribution in [3.05, 3.63) is 53.9 Å². The van der Waals surface area contributed by atoms with Gasteiger partial charge in [0.15, 0.2) is 0 Å². The van der Waals surface area contributed by atoms with Gasteiger partial charge in [0, 0.05) is 31.0 Å². The largest absolute Gasteiger partial charge is 0.491 e. The second-order valence-electron chi connectivity index (χ2n) is 6.42. The van der Waals surface area contributed by atoms with Crippen molar-refractivity contribution in [3.63, 3.8) is 0 Å². The van der Waals surface area contributed by atoms with Gasteiger partial charge in [-0.15, -0.1) is 0 Å². The maximum Gasteiger partial charge on any atom is 0.251 e. The van der Waals surface area contributed by atoms with Crippen LogP contribution in [0.2, 0.25) is 0 Å². The number of ether oxygens (including phenoxy) is 1. The van der Waals surface area contributed by atoms with Gasteiger partial charge in [0.05, 0.1) is 12.1 Å². The Kier molecular flexibility index (Phi) is 6.04. The molecule has 1 atom stereocenters. The number of aromatic nitrogens is 1. The van der Waals surface area contributed by atoms with Gasteiger partial charge in [0.25, 0.3) is 5.91 Å². The molecule has 1 heterocycles. The van der Waals surface area contributed by atoms with E-state index in [9.17, 15) is 4.79 Å². The highest BCUT2D eigenvalue weighted by molar-refractivity contribution is 5.94. The van der Waals surface area contributed by atoms with E-state index >= 15 is 0 Å². The lowest BCUT2D eigenvalue weighted by atomic mass is 10.1. The maximum atomic E-state index is 12.4. The average molecular weight is 329 g/mol. The fourth-order valence-corrected chi connectivity index (χ4v) is 2.62. The lowest BCUT2D eigenvalue weighted by Gasteiger charge is -2.25. The molecule has 2 rings (SSSR count). The van der Waals surface area contributed by atoms with E-state index in [2.05, 4.69) is 20.9 Å². The SMILES string of the molecule is CC(C)Oc1ccc(C(=O)NCC(c2cccn2C)N(C)C)cc1. The Balaban J connectivity index is 1.99. The highest BCUT2D eigenvalue weighted by atomic mass is 16.5. The number of aryl methyl sites for hydroxylation is 1. The molecule has 5 nitrogen and oxygen atoms in total. The van der Waals surface area contributed by atoms with Crippen LogP contribution in [-0.4, -0.2) is 42.1 Å². The van der Waals surface area contributed by atoms with Crippen molar-refractivity contribution in [2.75, 3.05) is 20.6 Å². The third-order valence-corrected chi connectivity index (χ3v) is 3.89. The van der Waals surface area contributed by atoms with Gasteiger partial charge in [-0.05, 0) is 64.3 Å². The number of carbonyl (C=O) groups excluding carboxylic acids is 1. The van der Waals surface area contributed by atoms with Crippen LogP contribution in [-0.2, 0) is 7.05 Å². The van der Waals surface area contributed by atoms with Crippen molar-refractivity contribution in [2.24, 2.45) is 7.05 Å². The third kappa shape index (κ3) is 4.61. The second-order valence-corrected chi connectivity index (χ2v) is 6.42. The van der Waals surface area contributed by atoms with Crippen LogP contribution in [0.3, 0.4) is 0 Å². The molecule has 0 radical (unpaired) electrons. The summed E-state index contributed by atoms with van der Waals surface area (Å²) in [5.41, 5.74) is 1.80. The molecule has 1 aromatic carbocycles. The highest BCUT2D eigenvalue weighted by Crippen LogP contribution is 2.18. The molecule has 1 N–H and O–H groups in total. The quantitative estimate of drug-likeness (QED) is 0.850. The topological polar surface area (TPSA) is 46.5 Å². The van der Waals surface area contributed by atoms with Crippen molar-refractivity contribution >= 4 is 5.91 Å². The molecule has 0 spiro atoms. The van der Waals surface area contributed by atoms with Crippen LogP contribution in [0.5, 0.6) is 5.75 Å². The summed E-state index contributed by atoms with van der Waals surface area (Å²) in [5, 5.41) is 3.02. The minimum atomic E-state index is -0.0767. The number of rotatable bonds is 7. The summed E-state index contributed by atoms with van der Waals surface area (Å²) in [5.74, 6) is 0.698.